The first kappa shape index (κ1) is 13.0. The second kappa shape index (κ2) is 5.94. The Hall–Kier alpha value is -1.45. The largest absolute Gasteiger partial charge is 0.305 e. The molecule has 0 spiro atoms. The van der Waals surface area contributed by atoms with Crippen LogP contribution < -0.4 is 5.32 Å². The summed E-state index contributed by atoms with van der Waals surface area (Å²) in [5.74, 6) is 0.796. The Kier molecular flexibility index (Phi) is 4.28. The molecule has 0 radical (unpaired) electrons. The fourth-order valence-electron chi connectivity index (χ4n) is 1.76. The quantitative estimate of drug-likeness (QED) is 0.918. The van der Waals surface area contributed by atoms with Gasteiger partial charge in [0.1, 0.15) is 5.82 Å². The first-order valence-electron chi connectivity index (χ1n) is 5.92. The molecular weight excluding hydrogens is 246 g/mol. The van der Waals surface area contributed by atoms with Crippen molar-refractivity contribution in [3.8, 4) is 0 Å². The van der Waals surface area contributed by atoms with Crippen molar-refractivity contribution in [1.82, 2.24) is 15.3 Å². The van der Waals surface area contributed by atoms with Crippen molar-refractivity contribution in [2.75, 3.05) is 0 Å². The Morgan fingerprint density at radius 1 is 1.33 bits per heavy atom. The van der Waals surface area contributed by atoms with Crippen molar-refractivity contribution in [1.29, 1.82) is 0 Å². The third kappa shape index (κ3) is 3.52. The SMILES string of the molecule is Cc1nccc(CN[C@H](C)c2cccc(Cl)c2)n1. The van der Waals surface area contributed by atoms with E-state index in [1.807, 2.05) is 31.2 Å². The molecule has 0 aliphatic rings. The lowest BCUT2D eigenvalue weighted by Gasteiger charge is -2.14. The van der Waals surface area contributed by atoms with Gasteiger partial charge in [-0.2, -0.15) is 0 Å². The first-order chi connectivity index (χ1) is 8.65. The molecule has 1 aromatic carbocycles. The highest BCUT2D eigenvalue weighted by atomic mass is 35.5. The summed E-state index contributed by atoms with van der Waals surface area (Å²) < 4.78 is 0. The molecule has 18 heavy (non-hydrogen) atoms. The number of nitrogens with zero attached hydrogens (tertiary/aromatic N) is 2. The molecule has 1 N–H and O–H groups in total. The molecule has 4 heteroatoms. The van der Waals surface area contributed by atoms with Crippen LogP contribution >= 0.6 is 11.6 Å². The average molecular weight is 262 g/mol. The Balaban J connectivity index is 1.98. The van der Waals surface area contributed by atoms with Gasteiger partial charge in [-0.15, -0.1) is 0 Å². The zero-order valence-corrected chi connectivity index (χ0v) is 11.3. The van der Waals surface area contributed by atoms with Crippen LogP contribution in [0.4, 0.5) is 0 Å². The third-order valence-corrected chi connectivity index (χ3v) is 3.01. The predicted octanol–water partition coefficient (Wildman–Crippen LogP) is 3.29. The Morgan fingerprint density at radius 3 is 2.89 bits per heavy atom. The van der Waals surface area contributed by atoms with Crippen LogP contribution in [0.5, 0.6) is 0 Å². The van der Waals surface area contributed by atoms with Gasteiger partial charge in [-0.1, -0.05) is 23.7 Å². The smallest absolute Gasteiger partial charge is 0.125 e. The van der Waals surface area contributed by atoms with E-state index in [9.17, 15) is 0 Å². The van der Waals surface area contributed by atoms with E-state index < -0.39 is 0 Å². The van der Waals surface area contributed by atoms with Gasteiger partial charge < -0.3 is 5.32 Å². The monoisotopic (exact) mass is 261 g/mol. The van der Waals surface area contributed by atoms with Crippen molar-refractivity contribution in [2.45, 2.75) is 26.4 Å². The lowest BCUT2D eigenvalue weighted by Crippen LogP contribution is -2.19. The van der Waals surface area contributed by atoms with Crippen LogP contribution in [0.1, 0.15) is 30.0 Å². The zero-order valence-electron chi connectivity index (χ0n) is 10.5. The molecule has 0 aliphatic carbocycles. The molecule has 3 nitrogen and oxygen atoms in total. The number of rotatable bonds is 4. The van der Waals surface area contributed by atoms with E-state index in [2.05, 4.69) is 28.3 Å². The summed E-state index contributed by atoms with van der Waals surface area (Å²) >= 11 is 5.98. The normalized spacial score (nSPS) is 12.4. The van der Waals surface area contributed by atoms with Crippen LogP contribution in [0, 0.1) is 6.92 Å². The van der Waals surface area contributed by atoms with E-state index >= 15 is 0 Å². The maximum Gasteiger partial charge on any atom is 0.125 e. The van der Waals surface area contributed by atoms with Gasteiger partial charge in [-0.3, -0.25) is 0 Å². The molecule has 0 aliphatic heterocycles. The fourth-order valence-corrected chi connectivity index (χ4v) is 1.95. The summed E-state index contributed by atoms with van der Waals surface area (Å²) in [6.45, 7) is 4.72. The summed E-state index contributed by atoms with van der Waals surface area (Å²) in [4.78, 5) is 8.44. The minimum Gasteiger partial charge on any atom is -0.305 e. The minimum absolute atomic E-state index is 0.235. The maximum atomic E-state index is 5.98. The number of aromatic nitrogens is 2. The van der Waals surface area contributed by atoms with Crippen molar-refractivity contribution >= 4 is 11.6 Å². The molecule has 0 amide bonds. The van der Waals surface area contributed by atoms with Crippen molar-refractivity contribution in [2.24, 2.45) is 0 Å². The minimum atomic E-state index is 0.235. The number of halogens is 1. The Morgan fingerprint density at radius 2 is 2.17 bits per heavy atom. The molecule has 1 aromatic heterocycles. The summed E-state index contributed by atoms with van der Waals surface area (Å²) in [7, 11) is 0. The molecule has 0 saturated carbocycles. The van der Waals surface area contributed by atoms with Crippen LogP contribution in [0.3, 0.4) is 0 Å². The van der Waals surface area contributed by atoms with Gasteiger partial charge in [0.15, 0.2) is 0 Å². The van der Waals surface area contributed by atoms with Gasteiger partial charge in [0.25, 0.3) is 0 Å². The molecule has 2 rings (SSSR count). The lowest BCUT2D eigenvalue weighted by molar-refractivity contribution is 0.566. The lowest BCUT2D eigenvalue weighted by atomic mass is 10.1. The molecule has 1 atom stereocenters. The second-order valence-corrected chi connectivity index (χ2v) is 4.69. The number of hydrogen-bond donors (Lipinski definition) is 1. The number of benzene rings is 1. The van der Waals surface area contributed by atoms with Gasteiger partial charge in [0.05, 0.1) is 5.69 Å². The number of nitrogens with one attached hydrogen (secondary N) is 1. The van der Waals surface area contributed by atoms with Crippen LogP contribution in [-0.2, 0) is 6.54 Å². The van der Waals surface area contributed by atoms with Gasteiger partial charge in [-0.25, -0.2) is 9.97 Å². The van der Waals surface area contributed by atoms with Crippen LogP contribution in [0.2, 0.25) is 5.02 Å². The topological polar surface area (TPSA) is 37.8 Å². The van der Waals surface area contributed by atoms with E-state index in [-0.39, 0.29) is 6.04 Å². The molecule has 2 aromatic rings. The fraction of sp³-hybridized carbons (Fsp3) is 0.286. The van der Waals surface area contributed by atoms with Gasteiger partial charge in [-0.05, 0) is 37.6 Å². The molecule has 0 bridgehead atoms. The standard InChI is InChI=1S/C14H16ClN3/c1-10(12-4-3-5-13(15)8-12)17-9-14-6-7-16-11(2)18-14/h3-8,10,17H,9H2,1-2H3/t10-/m1/s1. The zero-order chi connectivity index (χ0) is 13.0. The highest BCUT2D eigenvalue weighted by molar-refractivity contribution is 6.30. The number of hydrogen-bond acceptors (Lipinski definition) is 3. The van der Waals surface area contributed by atoms with Crippen molar-refractivity contribution < 1.29 is 0 Å². The Bertz CT molecular complexity index is 528. The highest BCUT2D eigenvalue weighted by Gasteiger charge is 2.05. The van der Waals surface area contributed by atoms with E-state index in [4.69, 9.17) is 11.6 Å². The van der Waals surface area contributed by atoms with Gasteiger partial charge >= 0.3 is 0 Å². The maximum absolute atomic E-state index is 5.98. The van der Waals surface area contributed by atoms with Crippen molar-refractivity contribution in [3.63, 3.8) is 0 Å². The highest BCUT2D eigenvalue weighted by Crippen LogP contribution is 2.17. The molecule has 0 saturated heterocycles. The van der Waals surface area contributed by atoms with Gasteiger partial charge in [0, 0.05) is 23.8 Å². The van der Waals surface area contributed by atoms with Crippen LogP contribution in [-0.4, -0.2) is 9.97 Å². The first-order valence-corrected chi connectivity index (χ1v) is 6.30. The summed E-state index contributed by atoms with van der Waals surface area (Å²) in [6, 6.07) is 10.0. The molecule has 0 fully saturated rings. The molecule has 1 heterocycles. The van der Waals surface area contributed by atoms with Gasteiger partial charge in [0.2, 0.25) is 0 Å². The second-order valence-electron chi connectivity index (χ2n) is 4.25. The average Bonchev–Trinajstić information content (AvgIpc) is 2.36. The summed E-state index contributed by atoms with van der Waals surface area (Å²) in [6.07, 6.45) is 1.78. The molecule has 0 unspecified atom stereocenters. The molecule has 94 valence electrons. The van der Waals surface area contributed by atoms with E-state index in [1.165, 1.54) is 5.56 Å². The summed E-state index contributed by atoms with van der Waals surface area (Å²) in [5, 5.41) is 4.18. The predicted molar refractivity (Wildman–Crippen MR) is 73.5 cm³/mol. The third-order valence-electron chi connectivity index (χ3n) is 2.77. The Labute approximate surface area is 112 Å². The van der Waals surface area contributed by atoms with E-state index in [0.29, 0.717) is 0 Å². The van der Waals surface area contributed by atoms with Crippen LogP contribution in [0.15, 0.2) is 36.5 Å². The van der Waals surface area contributed by atoms with E-state index in [1.54, 1.807) is 6.20 Å². The van der Waals surface area contributed by atoms with E-state index in [0.717, 1.165) is 23.1 Å². The number of aryl methyl sites for hydroxylation is 1. The summed E-state index contributed by atoms with van der Waals surface area (Å²) in [5.41, 5.74) is 2.17. The van der Waals surface area contributed by atoms with Crippen molar-refractivity contribution in [3.05, 3.63) is 58.6 Å². The molecular formula is C14H16ClN3. The van der Waals surface area contributed by atoms with Crippen LogP contribution in [0.25, 0.3) is 0 Å².